The lowest BCUT2D eigenvalue weighted by atomic mass is 10.0. The maximum atomic E-state index is 13.8. The Balaban J connectivity index is 1.72. The molecule has 2 aromatic rings. The van der Waals surface area contributed by atoms with Crippen molar-refractivity contribution in [1.29, 1.82) is 0 Å². The maximum Gasteiger partial charge on any atom is 0.264 e. The van der Waals surface area contributed by atoms with Crippen LogP contribution in [-0.4, -0.2) is 28.6 Å². The molecule has 1 unspecified atom stereocenters. The number of nitrogens with zero attached hydrogens (tertiary/aromatic N) is 2. The van der Waals surface area contributed by atoms with Crippen LogP contribution in [0, 0.1) is 13.8 Å². The first-order valence-electron chi connectivity index (χ1n) is 11.1. The number of allylic oxidation sites excluding steroid dienone is 3. The SMILES string of the molecule is C/C1=C/CC/C(C)=C/C(c2ccc(S(=O)(=O)N3CCN(C)c4cccc(C)c43)c(C)c2)S1. The van der Waals surface area contributed by atoms with E-state index in [4.69, 9.17) is 0 Å². The summed E-state index contributed by atoms with van der Waals surface area (Å²) >= 11 is 1.84. The largest absolute Gasteiger partial charge is 0.371 e. The van der Waals surface area contributed by atoms with Crippen molar-refractivity contribution in [2.75, 3.05) is 29.3 Å². The molecule has 0 amide bonds. The fourth-order valence-electron chi connectivity index (χ4n) is 4.54. The van der Waals surface area contributed by atoms with Gasteiger partial charge in [-0.1, -0.05) is 42.0 Å². The van der Waals surface area contributed by atoms with Crippen LogP contribution in [0.15, 0.2) is 63.9 Å². The van der Waals surface area contributed by atoms with Crippen molar-refractivity contribution < 1.29 is 8.42 Å². The van der Waals surface area contributed by atoms with Crippen LogP contribution >= 0.6 is 11.8 Å². The lowest BCUT2D eigenvalue weighted by Gasteiger charge is -2.37. The summed E-state index contributed by atoms with van der Waals surface area (Å²) in [5, 5.41) is 0.202. The number of fused-ring (bicyclic) bond motifs is 1. The zero-order chi connectivity index (χ0) is 23.0. The molecule has 4 nitrogen and oxygen atoms in total. The van der Waals surface area contributed by atoms with Gasteiger partial charge in [0.05, 0.1) is 28.1 Å². The highest BCUT2D eigenvalue weighted by atomic mass is 32.2. The Kier molecular flexibility index (Phi) is 6.46. The summed E-state index contributed by atoms with van der Waals surface area (Å²) in [5.41, 5.74) is 6.05. The van der Waals surface area contributed by atoms with Crippen LogP contribution < -0.4 is 9.21 Å². The van der Waals surface area contributed by atoms with E-state index in [2.05, 4.69) is 37.0 Å². The second-order valence-corrected chi connectivity index (χ2v) is 12.1. The first kappa shape index (κ1) is 23.0. The number of aryl methyl sites for hydroxylation is 2. The van der Waals surface area contributed by atoms with Crippen LogP contribution in [0.5, 0.6) is 0 Å². The monoisotopic (exact) mass is 468 g/mol. The molecule has 170 valence electrons. The molecule has 0 saturated heterocycles. The third kappa shape index (κ3) is 4.35. The van der Waals surface area contributed by atoms with Gasteiger partial charge in [-0.15, -0.1) is 11.8 Å². The highest BCUT2D eigenvalue weighted by Gasteiger charge is 2.33. The smallest absolute Gasteiger partial charge is 0.264 e. The number of hydrogen-bond donors (Lipinski definition) is 0. The molecular formula is C26H32N2O2S2. The van der Waals surface area contributed by atoms with Gasteiger partial charge in [-0.2, -0.15) is 0 Å². The fraction of sp³-hybridized carbons (Fsp3) is 0.385. The molecule has 0 spiro atoms. The van der Waals surface area contributed by atoms with Crippen molar-refractivity contribution in [1.82, 2.24) is 0 Å². The van der Waals surface area contributed by atoms with Gasteiger partial charge in [0.2, 0.25) is 0 Å². The summed E-state index contributed by atoms with van der Waals surface area (Å²) in [4.78, 5) is 3.84. The third-order valence-electron chi connectivity index (χ3n) is 6.33. The quantitative estimate of drug-likeness (QED) is 0.491. The van der Waals surface area contributed by atoms with Gasteiger partial charge >= 0.3 is 0 Å². The number of hydrogen-bond acceptors (Lipinski definition) is 4. The van der Waals surface area contributed by atoms with Gasteiger partial charge in [-0.25, -0.2) is 8.42 Å². The zero-order valence-electron chi connectivity index (χ0n) is 19.6. The van der Waals surface area contributed by atoms with Gasteiger partial charge in [0.15, 0.2) is 0 Å². The van der Waals surface area contributed by atoms with Crippen LogP contribution in [0.4, 0.5) is 11.4 Å². The Bertz CT molecular complexity index is 1200. The molecule has 0 aromatic heterocycles. The highest BCUT2D eigenvalue weighted by molar-refractivity contribution is 8.03. The van der Waals surface area contributed by atoms with Crippen LogP contribution in [-0.2, 0) is 10.0 Å². The first-order valence-corrected chi connectivity index (χ1v) is 13.4. The molecule has 0 bridgehead atoms. The van der Waals surface area contributed by atoms with Crippen molar-refractivity contribution in [3.05, 3.63) is 75.7 Å². The van der Waals surface area contributed by atoms with Crippen molar-refractivity contribution in [3.8, 4) is 0 Å². The van der Waals surface area contributed by atoms with Gasteiger partial charge in [0, 0.05) is 13.6 Å². The predicted octanol–water partition coefficient (Wildman–Crippen LogP) is 6.37. The second kappa shape index (κ2) is 8.99. The standard InChI is InChI=1S/C26H32N2O2S2/c1-18-8-6-10-21(4)31-24(16-18)22-12-13-25(20(3)17-22)32(29,30)28-15-14-27(5)23-11-7-9-19(2)26(23)28/h7,9-13,16-17,24H,6,8,14-15H2,1-5H3/b18-16+,21-10-. The molecule has 0 fully saturated rings. The average Bonchev–Trinajstić information content (AvgIpc) is 2.72. The zero-order valence-corrected chi connectivity index (χ0v) is 21.2. The minimum absolute atomic E-state index is 0.202. The predicted molar refractivity (Wildman–Crippen MR) is 137 cm³/mol. The molecule has 0 saturated carbocycles. The van der Waals surface area contributed by atoms with E-state index in [0.717, 1.165) is 40.9 Å². The van der Waals surface area contributed by atoms with E-state index in [0.29, 0.717) is 18.0 Å². The van der Waals surface area contributed by atoms with Crippen molar-refractivity contribution in [2.24, 2.45) is 0 Å². The van der Waals surface area contributed by atoms with E-state index in [1.165, 1.54) is 10.5 Å². The third-order valence-corrected chi connectivity index (χ3v) is 9.49. The molecule has 2 aliphatic heterocycles. The molecule has 2 aliphatic rings. The molecule has 32 heavy (non-hydrogen) atoms. The topological polar surface area (TPSA) is 40.6 Å². The molecule has 0 N–H and O–H groups in total. The summed E-state index contributed by atoms with van der Waals surface area (Å²) in [6.45, 7) is 9.35. The van der Waals surface area contributed by atoms with E-state index in [1.807, 2.05) is 56.9 Å². The molecule has 0 aliphatic carbocycles. The average molecular weight is 469 g/mol. The van der Waals surface area contributed by atoms with E-state index < -0.39 is 10.0 Å². The Morgan fingerprint density at radius 1 is 1.00 bits per heavy atom. The number of para-hydroxylation sites is 1. The highest BCUT2D eigenvalue weighted by Crippen LogP contribution is 2.41. The number of thioether (sulfide) groups is 1. The lowest BCUT2D eigenvalue weighted by Crippen LogP contribution is -2.43. The van der Waals surface area contributed by atoms with E-state index in [-0.39, 0.29) is 5.25 Å². The lowest BCUT2D eigenvalue weighted by molar-refractivity contribution is 0.588. The van der Waals surface area contributed by atoms with Gasteiger partial charge in [0.1, 0.15) is 0 Å². The summed E-state index contributed by atoms with van der Waals surface area (Å²) in [5.74, 6) is 0. The molecule has 1 atom stereocenters. The van der Waals surface area contributed by atoms with Crippen LogP contribution in [0.25, 0.3) is 0 Å². The number of sulfonamides is 1. The Morgan fingerprint density at radius 2 is 1.78 bits per heavy atom. The van der Waals surface area contributed by atoms with Crippen molar-refractivity contribution in [3.63, 3.8) is 0 Å². The normalized spacial score (nSPS) is 22.8. The minimum Gasteiger partial charge on any atom is -0.371 e. The fourth-order valence-corrected chi connectivity index (χ4v) is 7.48. The molecule has 0 radical (unpaired) electrons. The van der Waals surface area contributed by atoms with Gasteiger partial charge < -0.3 is 4.90 Å². The Morgan fingerprint density at radius 3 is 2.53 bits per heavy atom. The maximum absolute atomic E-state index is 13.8. The Labute approximate surface area is 197 Å². The van der Waals surface area contributed by atoms with E-state index >= 15 is 0 Å². The molecule has 4 rings (SSSR count). The molecule has 2 aromatic carbocycles. The van der Waals surface area contributed by atoms with Gasteiger partial charge in [-0.3, -0.25) is 4.31 Å². The molecular weight excluding hydrogens is 436 g/mol. The summed E-state index contributed by atoms with van der Waals surface area (Å²) < 4.78 is 29.2. The number of rotatable bonds is 3. The Hall–Kier alpha value is -2.18. The van der Waals surface area contributed by atoms with Crippen LogP contribution in [0.3, 0.4) is 0 Å². The van der Waals surface area contributed by atoms with Crippen LogP contribution in [0.2, 0.25) is 0 Å². The van der Waals surface area contributed by atoms with Crippen LogP contribution in [0.1, 0.15) is 48.6 Å². The minimum atomic E-state index is -3.66. The molecule has 2 heterocycles. The van der Waals surface area contributed by atoms with Crippen molar-refractivity contribution in [2.45, 2.75) is 50.7 Å². The number of likely N-dealkylation sites (N-methyl/N-ethyl adjacent to an activating group) is 1. The molecule has 6 heteroatoms. The summed E-state index contributed by atoms with van der Waals surface area (Å²) in [6.07, 6.45) is 6.77. The van der Waals surface area contributed by atoms with Gasteiger partial charge in [0.25, 0.3) is 10.0 Å². The van der Waals surface area contributed by atoms with E-state index in [1.54, 1.807) is 10.4 Å². The summed E-state index contributed by atoms with van der Waals surface area (Å²) in [7, 11) is -1.65. The summed E-state index contributed by atoms with van der Waals surface area (Å²) in [6, 6.07) is 11.8. The van der Waals surface area contributed by atoms with Gasteiger partial charge in [-0.05, 0) is 74.3 Å². The number of anilines is 2. The second-order valence-electron chi connectivity index (χ2n) is 8.87. The van der Waals surface area contributed by atoms with E-state index in [9.17, 15) is 8.42 Å². The van der Waals surface area contributed by atoms with Crippen molar-refractivity contribution >= 4 is 33.2 Å². The first-order chi connectivity index (χ1) is 15.2. The number of benzene rings is 2.